The van der Waals surface area contributed by atoms with E-state index in [4.69, 9.17) is 4.74 Å². The lowest BCUT2D eigenvalue weighted by atomic mass is 10.0. The number of piperazine rings is 1. The lowest BCUT2D eigenvalue weighted by molar-refractivity contribution is -0.118. The lowest BCUT2D eigenvalue weighted by Crippen LogP contribution is -2.48. The summed E-state index contributed by atoms with van der Waals surface area (Å²) in [6, 6.07) is 21.7. The lowest BCUT2D eigenvalue weighted by Gasteiger charge is -2.36. The summed E-state index contributed by atoms with van der Waals surface area (Å²) in [5, 5.41) is 2.91. The summed E-state index contributed by atoms with van der Waals surface area (Å²) < 4.78 is 5.85. The summed E-state index contributed by atoms with van der Waals surface area (Å²) in [6.07, 6.45) is 0. The smallest absolute Gasteiger partial charge is 0.262 e. The first-order valence-corrected chi connectivity index (χ1v) is 12.5. The van der Waals surface area contributed by atoms with Gasteiger partial charge in [0.05, 0.1) is 0 Å². The van der Waals surface area contributed by atoms with Crippen molar-refractivity contribution in [1.29, 1.82) is 0 Å². The number of amides is 2. The van der Waals surface area contributed by atoms with E-state index in [1.165, 1.54) is 0 Å². The highest BCUT2D eigenvalue weighted by molar-refractivity contribution is 5.94. The van der Waals surface area contributed by atoms with Gasteiger partial charge in [-0.3, -0.25) is 9.59 Å². The van der Waals surface area contributed by atoms with Crippen molar-refractivity contribution in [2.75, 3.05) is 43.0 Å². The second kappa shape index (κ2) is 11.3. The van der Waals surface area contributed by atoms with E-state index in [-0.39, 0.29) is 18.4 Å². The molecule has 0 aliphatic carbocycles. The molecule has 1 aliphatic rings. The number of anilines is 2. The molecule has 0 bridgehead atoms. The van der Waals surface area contributed by atoms with Crippen molar-refractivity contribution >= 4 is 23.2 Å². The molecule has 188 valence electrons. The van der Waals surface area contributed by atoms with Crippen LogP contribution in [0.25, 0.3) is 0 Å². The van der Waals surface area contributed by atoms with Crippen LogP contribution in [0.4, 0.5) is 11.4 Å². The molecule has 3 aromatic rings. The second-order valence-electron chi connectivity index (χ2n) is 9.72. The summed E-state index contributed by atoms with van der Waals surface area (Å²) in [7, 11) is 0. The third-order valence-electron chi connectivity index (χ3n) is 6.53. The molecule has 36 heavy (non-hydrogen) atoms. The fourth-order valence-corrected chi connectivity index (χ4v) is 4.39. The molecule has 1 fully saturated rings. The maximum absolute atomic E-state index is 12.8. The maximum Gasteiger partial charge on any atom is 0.262 e. The summed E-state index contributed by atoms with van der Waals surface area (Å²) in [6.45, 7) is 11.1. The highest BCUT2D eigenvalue weighted by Crippen LogP contribution is 2.27. The molecule has 1 aliphatic heterocycles. The van der Waals surface area contributed by atoms with Crippen molar-refractivity contribution in [2.45, 2.75) is 33.6 Å². The Morgan fingerprint density at radius 2 is 1.50 bits per heavy atom. The average molecular weight is 486 g/mol. The van der Waals surface area contributed by atoms with Crippen LogP contribution in [0.15, 0.2) is 66.7 Å². The predicted molar refractivity (Wildman–Crippen MR) is 145 cm³/mol. The Bertz CT molecular complexity index is 1200. The molecule has 0 saturated carbocycles. The number of nitrogens with one attached hydrogen (secondary N) is 1. The van der Waals surface area contributed by atoms with Crippen molar-refractivity contribution in [2.24, 2.45) is 0 Å². The Morgan fingerprint density at radius 1 is 0.861 bits per heavy atom. The van der Waals surface area contributed by atoms with Crippen molar-refractivity contribution in [3.05, 3.63) is 89.0 Å². The fraction of sp³-hybridized carbons (Fsp3) is 0.333. The van der Waals surface area contributed by atoms with Gasteiger partial charge >= 0.3 is 0 Å². The number of ether oxygens (including phenoxy) is 1. The van der Waals surface area contributed by atoms with Gasteiger partial charge < -0.3 is 19.9 Å². The normalized spacial score (nSPS) is 13.6. The Balaban J connectivity index is 1.27. The van der Waals surface area contributed by atoms with Crippen LogP contribution in [0.2, 0.25) is 0 Å². The summed E-state index contributed by atoms with van der Waals surface area (Å²) in [5.74, 6) is 0.970. The molecular formula is C30H35N3O3. The van der Waals surface area contributed by atoms with Gasteiger partial charge in [-0.25, -0.2) is 0 Å². The number of aryl methyl sites for hydroxylation is 2. The Hall–Kier alpha value is -3.80. The third kappa shape index (κ3) is 6.25. The Kier molecular flexibility index (Phi) is 7.93. The molecule has 0 spiro atoms. The Labute approximate surface area is 213 Å². The van der Waals surface area contributed by atoms with Crippen LogP contribution in [-0.2, 0) is 4.79 Å². The highest BCUT2D eigenvalue weighted by Gasteiger charge is 2.22. The largest absolute Gasteiger partial charge is 0.483 e. The van der Waals surface area contributed by atoms with Crippen molar-refractivity contribution in [3.63, 3.8) is 0 Å². The standard InChI is InChI=1S/C30H35N3O3/c1-21(2)27-14-7-23(4)19-28(27)36-20-29(34)31-25-10-12-26(13-11-25)32-15-17-33(18-16-32)30(35)24-8-5-22(3)6-9-24/h5-14,19,21H,15-18,20H2,1-4H3,(H,31,34). The van der Waals surface area contributed by atoms with E-state index < -0.39 is 0 Å². The maximum atomic E-state index is 12.8. The minimum absolute atomic E-state index is 0.0398. The second-order valence-corrected chi connectivity index (χ2v) is 9.72. The first-order valence-electron chi connectivity index (χ1n) is 12.5. The van der Waals surface area contributed by atoms with E-state index >= 15 is 0 Å². The van der Waals surface area contributed by atoms with E-state index in [2.05, 4.69) is 36.2 Å². The van der Waals surface area contributed by atoms with Crippen LogP contribution >= 0.6 is 0 Å². The van der Waals surface area contributed by atoms with Crippen LogP contribution in [0.3, 0.4) is 0 Å². The van der Waals surface area contributed by atoms with Crippen molar-refractivity contribution in [1.82, 2.24) is 4.90 Å². The zero-order valence-corrected chi connectivity index (χ0v) is 21.6. The first kappa shape index (κ1) is 25.3. The van der Waals surface area contributed by atoms with Crippen LogP contribution in [0.1, 0.15) is 46.8 Å². The minimum Gasteiger partial charge on any atom is -0.483 e. The molecule has 1 saturated heterocycles. The van der Waals surface area contributed by atoms with Gasteiger partial charge in [-0.1, -0.05) is 43.7 Å². The van der Waals surface area contributed by atoms with Gasteiger partial charge in [0.15, 0.2) is 6.61 Å². The summed E-state index contributed by atoms with van der Waals surface area (Å²) in [4.78, 5) is 29.4. The van der Waals surface area contributed by atoms with Gasteiger partial charge in [0.2, 0.25) is 0 Å². The fourth-order valence-electron chi connectivity index (χ4n) is 4.39. The zero-order chi connectivity index (χ0) is 25.7. The highest BCUT2D eigenvalue weighted by atomic mass is 16.5. The van der Waals surface area contributed by atoms with Gasteiger partial charge in [0.1, 0.15) is 5.75 Å². The van der Waals surface area contributed by atoms with Gasteiger partial charge in [-0.2, -0.15) is 0 Å². The molecule has 0 unspecified atom stereocenters. The monoisotopic (exact) mass is 485 g/mol. The van der Waals surface area contributed by atoms with E-state index in [0.29, 0.717) is 19.0 Å². The molecule has 0 radical (unpaired) electrons. The number of hydrogen-bond acceptors (Lipinski definition) is 4. The molecular weight excluding hydrogens is 450 g/mol. The first-order chi connectivity index (χ1) is 17.3. The quantitative estimate of drug-likeness (QED) is 0.486. The van der Waals surface area contributed by atoms with Gasteiger partial charge in [0.25, 0.3) is 11.8 Å². The summed E-state index contributed by atoms with van der Waals surface area (Å²) >= 11 is 0. The molecule has 4 rings (SSSR count). The molecule has 1 heterocycles. The third-order valence-corrected chi connectivity index (χ3v) is 6.53. The molecule has 3 aromatic carbocycles. The molecule has 6 heteroatoms. The minimum atomic E-state index is -0.192. The zero-order valence-electron chi connectivity index (χ0n) is 21.6. The number of carbonyl (C=O) groups excluding carboxylic acids is 2. The number of rotatable bonds is 7. The summed E-state index contributed by atoms with van der Waals surface area (Å²) in [5.41, 5.74) is 5.89. The molecule has 6 nitrogen and oxygen atoms in total. The number of carbonyl (C=O) groups is 2. The van der Waals surface area contributed by atoms with Crippen molar-refractivity contribution < 1.29 is 14.3 Å². The van der Waals surface area contributed by atoms with Gasteiger partial charge in [0, 0.05) is 43.1 Å². The van der Waals surface area contributed by atoms with Gasteiger partial charge in [-0.15, -0.1) is 0 Å². The number of nitrogens with zero attached hydrogens (tertiary/aromatic N) is 2. The topological polar surface area (TPSA) is 61.9 Å². The van der Waals surface area contributed by atoms with E-state index in [9.17, 15) is 9.59 Å². The van der Waals surface area contributed by atoms with Crippen molar-refractivity contribution in [3.8, 4) is 5.75 Å². The van der Waals surface area contributed by atoms with Crippen LogP contribution < -0.4 is 15.0 Å². The van der Waals surface area contributed by atoms with E-state index in [1.807, 2.05) is 73.3 Å². The molecule has 0 atom stereocenters. The number of benzene rings is 3. The average Bonchev–Trinajstić information content (AvgIpc) is 2.88. The van der Waals surface area contributed by atoms with Crippen LogP contribution in [-0.4, -0.2) is 49.5 Å². The van der Waals surface area contributed by atoms with Crippen LogP contribution in [0, 0.1) is 13.8 Å². The van der Waals surface area contributed by atoms with E-state index in [0.717, 1.165) is 52.5 Å². The van der Waals surface area contributed by atoms with Gasteiger partial charge in [-0.05, 0) is 73.4 Å². The number of hydrogen-bond donors (Lipinski definition) is 1. The predicted octanol–water partition coefficient (Wildman–Crippen LogP) is 5.41. The SMILES string of the molecule is Cc1ccc(C(=O)N2CCN(c3ccc(NC(=O)COc4cc(C)ccc4C(C)C)cc3)CC2)cc1. The Morgan fingerprint density at radius 3 is 2.14 bits per heavy atom. The van der Waals surface area contributed by atoms with E-state index in [1.54, 1.807) is 0 Å². The molecule has 0 aromatic heterocycles. The molecule has 2 amide bonds. The molecule has 1 N–H and O–H groups in total. The van der Waals surface area contributed by atoms with Crippen LogP contribution in [0.5, 0.6) is 5.75 Å².